The van der Waals surface area contributed by atoms with E-state index < -0.39 is 0 Å². The van der Waals surface area contributed by atoms with E-state index >= 15 is 0 Å². The quantitative estimate of drug-likeness (QED) is 0.720. The second kappa shape index (κ2) is 6.34. The summed E-state index contributed by atoms with van der Waals surface area (Å²) in [5, 5.41) is 4.87. The van der Waals surface area contributed by atoms with E-state index in [9.17, 15) is 4.79 Å². The molecule has 0 saturated heterocycles. The maximum Gasteiger partial charge on any atom is 0.251 e. The van der Waals surface area contributed by atoms with Crippen LogP contribution in [0.15, 0.2) is 54.6 Å². The highest BCUT2D eigenvalue weighted by Crippen LogP contribution is 2.17. The van der Waals surface area contributed by atoms with E-state index in [0.717, 1.165) is 16.5 Å². The van der Waals surface area contributed by atoms with Crippen LogP contribution in [0.3, 0.4) is 0 Å². The van der Waals surface area contributed by atoms with Crippen molar-refractivity contribution in [1.82, 2.24) is 10.3 Å². The number of carbonyl (C=O) groups excluding carboxylic acids is 1. The van der Waals surface area contributed by atoms with Crippen LogP contribution >= 0.6 is 23.2 Å². The number of benzene rings is 2. The third kappa shape index (κ3) is 3.38. The minimum atomic E-state index is -0.133. The van der Waals surface area contributed by atoms with Crippen LogP contribution in [-0.2, 0) is 6.54 Å². The van der Waals surface area contributed by atoms with Crippen LogP contribution in [0.4, 0.5) is 0 Å². The Balaban J connectivity index is 1.74. The van der Waals surface area contributed by atoms with Gasteiger partial charge in [0.15, 0.2) is 0 Å². The molecule has 0 radical (unpaired) electrons. The molecular formula is C17H12Cl2N2O. The summed E-state index contributed by atoms with van der Waals surface area (Å²) in [6.45, 7) is 0.451. The molecule has 1 N–H and O–H groups in total. The van der Waals surface area contributed by atoms with Crippen molar-refractivity contribution in [3.8, 4) is 0 Å². The lowest BCUT2D eigenvalue weighted by atomic mass is 10.1. The van der Waals surface area contributed by atoms with Gasteiger partial charge in [-0.1, -0.05) is 35.3 Å². The number of pyridine rings is 1. The minimum Gasteiger partial charge on any atom is -0.348 e. The fraction of sp³-hybridized carbons (Fsp3) is 0.0588. The molecule has 0 spiro atoms. The van der Waals surface area contributed by atoms with Crippen LogP contribution in [-0.4, -0.2) is 10.9 Å². The highest BCUT2D eigenvalue weighted by molar-refractivity contribution is 6.30. The van der Waals surface area contributed by atoms with Crippen molar-refractivity contribution < 1.29 is 4.79 Å². The first-order chi connectivity index (χ1) is 10.6. The molecule has 110 valence electrons. The summed E-state index contributed by atoms with van der Waals surface area (Å²) in [4.78, 5) is 16.4. The lowest BCUT2D eigenvalue weighted by Crippen LogP contribution is -2.22. The van der Waals surface area contributed by atoms with Gasteiger partial charge in [-0.2, -0.15) is 0 Å². The fourth-order valence-corrected chi connectivity index (χ4v) is 2.41. The molecule has 0 aliphatic rings. The SMILES string of the molecule is O=C(NCc1ccc(Cl)cc1)c1ccc2nc(Cl)ccc2c1. The lowest BCUT2D eigenvalue weighted by Gasteiger charge is -2.07. The van der Waals surface area contributed by atoms with Crippen LogP contribution in [0.5, 0.6) is 0 Å². The Morgan fingerprint density at radius 3 is 2.55 bits per heavy atom. The zero-order valence-electron chi connectivity index (χ0n) is 11.5. The molecular weight excluding hydrogens is 319 g/mol. The molecule has 5 heteroatoms. The van der Waals surface area contributed by atoms with Crippen LogP contribution < -0.4 is 5.32 Å². The van der Waals surface area contributed by atoms with E-state index in [4.69, 9.17) is 23.2 Å². The maximum atomic E-state index is 12.2. The molecule has 22 heavy (non-hydrogen) atoms. The number of fused-ring (bicyclic) bond motifs is 1. The van der Waals surface area contributed by atoms with Gasteiger partial charge in [0.2, 0.25) is 0 Å². The zero-order chi connectivity index (χ0) is 15.5. The van der Waals surface area contributed by atoms with Gasteiger partial charge in [-0.25, -0.2) is 4.98 Å². The third-order valence-corrected chi connectivity index (χ3v) is 3.75. The molecule has 0 atom stereocenters. The minimum absolute atomic E-state index is 0.133. The van der Waals surface area contributed by atoms with Crippen molar-refractivity contribution >= 4 is 40.0 Å². The lowest BCUT2D eigenvalue weighted by molar-refractivity contribution is 0.0951. The number of aromatic nitrogens is 1. The Bertz CT molecular complexity index is 832. The van der Waals surface area contributed by atoms with E-state index in [1.807, 2.05) is 18.2 Å². The average molecular weight is 331 g/mol. The predicted molar refractivity (Wildman–Crippen MR) is 89.4 cm³/mol. The van der Waals surface area contributed by atoms with Gasteiger partial charge < -0.3 is 5.32 Å². The Morgan fingerprint density at radius 2 is 1.77 bits per heavy atom. The summed E-state index contributed by atoms with van der Waals surface area (Å²) in [6.07, 6.45) is 0. The van der Waals surface area contributed by atoms with E-state index in [-0.39, 0.29) is 5.91 Å². The van der Waals surface area contributed by atoms with E-state index in [0.29, 0.717) is 22.3 Å². The van der Waals surface area contributed by atoms with Crippen molar-refractivity contribution in [2.75, 3.05) is 0 Å². The van der Waals surface area contributed by atoms with Crippen molar-refractivity contribution in [1.29, 1.82) is 0 Å². The first kappa shape index (κ1) is 14.8. The van der Waals surface area contributed by atoms with Crippen LogP contribution in [0, 0.1) is 0 Å². The molecule has 0 aliphatic heterocycles. The highest BCUT2D eigenvalue weighted by Gasteiger charge is 2.07. The zero-order valence-corrected chi connectivity index (χ0v) is 13.0. The van der Waals surface area contributed by atoms with E-state index in [2.05, 4.69) is 10.3 Å². The fourth-order valence-electron chi connectivity index (χ4n) is 2.13. The smallest absolute Gasteiger partial charge is 0.251 e. The number of amides is 1. The molecule has 1 aromatic heterocycles. The van der Waals surface area contributed by atoms with Crippen LogP contribution in [0.1, 0.15) is 15.9 Å². The van der Waals surface area contributed by atoms with Crippen LogP contribution in [0.2, 0.25) is 10.2 Å². The molecule has 0 saturated carbocycles. The Morgan fingerprint density at radius 1 is 1.00 bits per heavy atom. The Kier molecular flexibility index (Phi) is 4.27. The second-order valence-corrected chi connectivity index (χ2v) is 5.67. The normalized spacial score (nSPS) is 10.6. The van der Waals surface area contributed by atoms with Gasteiger partial charge in [-0.15, -0.1) is 0 Å². The van der Waals surface area contributed by atoms with Crippen LogP contribution in [0.25, 0.3) is 10.9 Å². The van der Waals surface area contributed by atoms with Crippen molar-refractivity contribution in [3.05, 3.63) is 75.9 Å². The summed E-state index contributed by atoms with van der Waals surface area (Å²) in [7, 11) is 0. The average Bonchev–Trinajstić information content (AvgIpc) is 2.53. The Labute approximate surface area is 137 Å². The molecule has 0 bridgehead atoms. The van der Waals surface area contributed by atoms with Crippen molar-refractivity contribution in [2.45, 2.75) is 6.54 Å². The molecule has 1 amide bonds. The number of nitrogens with one attached hydrogen (secondary N) is 1. The number of rotatable bonds is 3. The number of hydrogen-bond acceptors (Lipinski definition) is 2. The number of halogens is 2. The van der Waals surface area contributed by atoms with Gasteiger partial charge in [-0.05, 0) is 48.0 Å². The summed E-state index contributed by atoms with van der Waals surface area (Å²) in [5.41, 5.74) is 2.35. The van der Waals surface area contributed by atoms with E-state index in [1.54, 1.807) is 36.4 Å². The summed E-state index contributed by atoms with van der Waals surface area (Å²) >= 11 is 11.7. The van der Waals surface area contributed by atoms with Gasteiger partial charge in [-0.3, -0.25) is 4.79 Å². The van der Waals surface area contributed by atoms with Gasteiger partial charge >= 0.3 is 0 Å². The molecule has 0 unspecified atom stereocenters. The largest absolute Gasteiger partial charge is 0.348 e. The predicted octanol–water partition coefficient (Wildman–Crippen LogP) is 4.47. The molecule has 3 rings (SSSR count). The number of nitrogens with zero attached hydrogens (tertiary/aromatic N) is 1. The molecule has 1 heterocycles. The molecule has 3 aromatic rings. The number of carbonyl (C=O) groups is 1. The van der Waals surface area contributed by atoms with Gasteiger partial charge in [0, 0.05) is 22.5 Å². The van der Waals surface area contributed by atoms with Crippen molar-refractivity contribution in [2.24, 2.45) is 0 Å². The second-order valence-electron chi connectivity index (χ2n) is 4.85. The molecule has 0 aliphatic carbocycles. The summed E-state index contributed by atoms with van der Waals surface area (Å²) < 4.78 is 0. The number of hydrogen-bond donors (Lipinski definition) is 1. The molecule has 2 aromatic carbocycles. The highest BCUT2D eigenvalue weighted by atomic mass is 35.5. The summed E-state index contributed by atoms with van der Waals surface area (Å²) in [5.74, 6) is -0.133. The van der Waals surface area contributed by atoms with Gasteiger partial charge in [0.25, 0.3) is 5.91 Å². The van der Waals surface area contributed by atoms with Crippen molar-refractivity contribution in [3.63, 3.8) is 0 Å². The first-order valence-electron chi connectivity index (χ1n) is 6.71. The molecule has 0 fully saturated rings. The first-order valence-corrected chi connectivity index (χ1v) is 7.46. The molecule has 3 nitrogen and oxygen atoms in total. The standard InChI is InChI=1S/C17H12Cl2N2O/c18-14-5-1-11(2-6-14)10-20-17(22)13-3-7-15-12(9-13)4-8-16(19)21-15/h1-9H,10H2,(H,20,22). The van der Waals surface area contributed by atoms with Gasteiger partial charge in [0.05, 0.1) is 5.52 Å². The topological polar surface area (TPSA) is 42.0 Å². The van der Waals surface area contributed by atoms with E-state index in [1.165, 1.54) is 0 Å². The third-order valence-electron chi connectivity index (χ3n) is 3.28. The Hall–Kier alpha value is -2.10. The summed E-state index contributed by atoms with van der Waals surface area (Å²) in [6, 6.07) is 16.3. The maximum absolute atomic E-state index is 12.2. The monoisotopic (exact) mass is 330 g/mol. The van der Waals surface area contributed by atoms with Gasteiger partial charge in [0.1, 0.15) is 5.15 Å².